The van der Waals surface area contributed by atoms with Gasteiger partial charge in [0.15, 0.2) is 0 Å². The van der Waals surface area contributed by atoms with Crippen LogP contribution >= 0.6 is 0 Å². The molecule has 1 heterocycles. The highest BCUT2D eigenvalue weighted by Crippen LogP contribution is 2.16. The zero-order chi connectivity index (χ0) is 7.02. The zero-order valence-electron chi connectivity index (χ0n) is 5.42. The van der Waals surface area contributed by atoms with Crippen LogP contribution in [0.2, 0.25) is 0 Å². The fourth-order valence-electron chi connectivity index (χ4n) is 0.648. The van der Waals surface area contributed by atoms with E-state index in [1.807, 2.05) is 0 Å². The van der Waals surface area contributed by atoms with E-state index in [-0.39, 0.29) is 5.88 Å². The van der Waals surface area contributed by atoms with Gasteiger partial charge in [0.2, 0.25) is 11.8 Å². The molecule has 1 aromatic heterocycles. The van der Waals surface area contributed by atoms with Crippen molar-refractivity contribution in [1.82, 2.24) is 9.55 Å². The number of anilines is 1. The average Bonchev–Trinajstić information content (AvgIpc) is 1.98. The Hall–Kier alpha value is -1.19. The van der Waals surface area contributed by atoms with Crippen molar-refractivity contribution in [2.45, 2.75) is 6.92 Å². The van der Waals surface area contributed by atoms with E-state index >= 15 is 0 Å². The van der Waals surface area contributed by atoms with Gasteiger partial charge < -0.3 is 10.8 Å². The van der Waals surface area contributed by atoms with Crippen LogP contribution in [0.25, 0.3) is 0 Å². The van der Waals surface area contributed by atoms with E-state index in [0.717, 1.165) is 0 Å². The number of rotatable bonds is 0. The van der Waals surface area contributed by atoms with Gasteiger partial charge in [0, 0.05) is 7.05 Å². The molecule has 50 valence electrons. The lowest BCUT2D eigenvalue weighted by Crippen LogP contribution is -1.95. The van der Waals surface area contributed by atoms with Crippen LogP contribution in [0.3, 0.4) is 0 Å². The van der Waals surface area contributed by atoms with Gasteiger partial charge in [-0.25, -0.2) is 4.98 Å². The molecule has 1 rings (SSSR count). The Bertz CT molecular complexity index is 206. The van der Waals surface area contributed by atoms with Crippen molar-refractivity contribution in [3.8, 4) is 5.88 Å². The fourth-order valence-corrected chi connectivity index (χ4v) is 0.648. The van der Waals surface area contributed by atoms with Crippen molar-refractivity contribution < 1.29 is 5.11 Å². The molecular weight excluding hydrogens is 118 g/mol. The highest BCUT2D eigenvalue weighted by Gasteiger charge is 2.04. The van der Waals surface area contributed by atoms with E-state index in [4.69, 9.17) is 10.8 Å². The summed E-state index contributed by atoms with van der Waals surface area (Å²) in [5.41, 5.74) is 5.90. The predicted molar refractivity (Wildman–Crippen MR) is 34.0 cm³/mol. The van der Waals surface area contributed by atoms with Crippen LogP contribution in [0.5, 0.6) is 5.88 Å². The number of hydrogen-bond donors (Lipinski definition) is 2. The summed E-state index contributed by atoms with van der Waals surface area (Å²) in [6, 6.07) is 0. The molecule has 0 unspecified atom stereocenters. The molecule has 0 bridgehead atoms. The molecule has 0 amide bonds. The summed E-state index contributed by atoms with van der Waals surface area (Å²) < 4.78 is 1.43. The molecule has 1 aromatic rings. The van der Waals surface area contributed by atoms with Gasteiger partial charge in [-0.1, -0.05) is 0 Å². The van der Waals surface area contributed by atoms with Gasteiger partial charge >= 0.3 is 0 Å². The third-order valence-electron chi connectivity index (χ3n) is 1.27. The second kappa shape index (κ2) is 1.65. The second-order valence-corrected chi connectivity index (χ2v) is 1.94. The van der Waals surface area contributed by atoms with Gasteiger partial charge in [0.1, 0.15) is 5.69 Å². The van der Waals surface area contributed by atoms with Crippen LogP contribution < -0.4 is 5.73 Å². The van der Waals surface area contributed by atoms with Crippen molar-refractivity contribution in [2.24, 2.45) is 7.05 Å². The molecule has 0 aliphatic heterocycles. The van der Waals surface area contributed by atoms with E-state index in [2.05, 4.69) is 4.98 Å². The summed E-state index contributed by atoms with van der Waals surface area (Å²) in [7, 11) is 1.66. The molecular formula is C5H9N3O. The lowest BCUT2D eigenvalue weighted by molar-refractivity contribution is 0.429. The molecule has 0 spiro atoms. The van der Waals surface area contributed by atoms with Gasteiger partial charge in [0.05, 0.1) is 0 Å². The monoisotopic (exact) mass is 127 g/mol. The normalized spacial score (nSPS) is 10.0. The van der Waals surface area contributed by atoms with Crippen LogP contribution in [-0.2, 0) is 7.05 Å². The number of aromatic hydroxyl groups is 1. The lowest BCUT2D eigenvalue weighted by atomic mass is 10.5. The number of nitrogens with two attached hydrogens (primary N) is 1. The Balaban J connectivity index is 3.29. The van der Waals surface area contributed by atoms with Gasteiger partial charge in [-0.2, -0.15) is 0 Å². The maximum Gasteiger partial charge on any atom is 0.215 e. The first kappa shape index (κ1) is 5.94. The zero-order valence-corrected chi connectivity index (χ0v) is 5.42. The highest BCUT2D eigenvalue weighted by molar-refractivity contribution is 5.31. The quantitative estimate of drug-likeness (QED) is 0.516. The minimum absolute atomic E-state index is 0.132. The van der Waals surface area contributed by atoms with Crippen LogP contribution in [-0.4, -0.2) is 14.7 Å². The predicted octanol–water partition coefficient (Wildman–Crippen LogP) is 0.0163. The van der Waals surface area contributed by atoms with Gasteiger partial charge in [-0.3, -0.25) is 4.57 Å². The Kier molecular flexibility index (Phi) is 1.09. The molecule has 4 nitrogen and oxygen atoms in total. The van der Waals surface area contributed by atoms with Crippen molar-refractivity contribution in [3.05, 3.63) is 5.69 Å². The number of nitrogens with zero attached hydrogens (tertiary/aromatic N) is 2. The minimum atomic E-state index is 0.132. The van der Waals surface area contributed by atoms with Crippen molar-refractivity contribution >= 4 is 5.95 Å². The summed E-state index contributed by atoms with van der Waals surface area (Å²) in [5.74, 6) is 0.470. The first-order valence-electron chi connectivity index (χ1n) is 2.60. The summed E-state index contributed by atoms with van der Waals surface area (Å²) in [5, 5.41) is 9.05. The minimum Gasteiger partial charge on any atom is -0.493 e. The number of aromatic nitrogens is 2. The molecule has 4 heteroatoms. The first-order valence-corrected chi connectivity index (χ1v) is 2.60. The number of nitrogen functional groups attached to an aromatic ring is 1. The Labute approximate surface area is 52.9 Å². The molecule has 9 heavy (non-hydrogen) atoms. The van der Waals surface area contributed by atoms with Crippen LogP contribution in [0.15, 0.2) is 0 Å². The summed E-state index contributed by atoms with van der Waals surface area (Å²) >= 11 is 0. The Morgan fingerprint density at radius 3 is 2.33 bits per heavy atom. The summed E-state index contributed by atoms with van der Waals surface area (Å²) in [4.78, 5) is 3.80. The summed E-state index contributed by atoms with van der Waals surface area (Å²) in [6.07, 6.45) is 0. The van der Waals surface area contributed by atoms with Crippen molar-refractivity contribution in [2.75, 3.05) is 5.73 Å². The number of aryl methyl sites for hydroxylation is 1. The second-order valence-electron chi connectivity index (χ2n) is 1.94. The SMILES string of the molecule is Cc1nc(N)n(C)c1O. The fraction of sp³-hybridized carbons (Fsp3) is 0.400. The molecule has 0 aliphatic carbocycles. The molecule has 0 saturated heterocycles. The highest BCUT2D eigenvalue weighted by atomic mass is 16.3. The van der Waals surface area contributed by atoms with E-state index < -0.39 is 0 Å². The van der Waals surface area contributed by atoms with Gasteiger partial charge in [0.25, 0.3) is 0 Å². The molecule has 0 aromatic carbocycles. The van der Waals surface area contributed by atoms with Crippen LogP contribution in [0.4, 0.5) is 5.95 Å². The maximum atomic E-state index is 9.05. The molecule has 0 saturated carbocycles. The molecule has 3 N–H and O–H groups in total. The van der Waals surface area contributed by atoms with Crippen LogP contribution in [0, 0.1) is 6.92 Å². The Morgan fingerprint density at radius 2 is 2.22 bits per heavy atom. The van der Waals surface area contributed by atoms with Gasteiger partial charge in [-0.15, -0.1) is 0 Å². The van der Waals surface area contributed by atoms with E-state index in [0.29, 0.717) is 11.6 Å². The van der Waals surface area contributed by atoms with Crippen LogP contribution in [0.1, 0.15) is 5.69 Å². The van der Waals surface area contributed by atoms with Gasteiger partial charge in [-0.05, 0) is 6.92 Å². The third-order valence-corrected chi connectivity index (χ3v) is 1.27. The maximum absolute atomic E-state index is 9.05. The Morgan fingerprint density at radius 1 is 1.67 bits per heavy atom. The van der Waals surface area contributed by atoms with E-state index in [9.17, 15) is 0 Å². The standard InChI is InChI=1S/C5H9N3O/c1-3-4(9)8(2)5(6)7-3/h9H,1-2H3,(H2,6,7). The number of hydrogen-bond acceptors (Lipinski definition) is 3. The first-order chi connectivity index (χ1) is 4.13. The topological polar surface area (TPSA) is 64.1 Å². The van der Waals surface area contributed by atoms with E-state index in [1.54, 1.807) is 14.0 Å². The van der Waals surface area contributed by atoms with Crippen molar-refractivity contribution in [1.29, 1.82) is 0 Å². The lowest BCUT2D eigenvalue weighted by Gasteiger charge is -1.93. The largest absolute Gasteiger partial charge is 0.493 e. The smallest absolute Gasteiger partial charge is 0.215 e. The third kappa shape index (κ3) is 0.718. The average molecular weight is 127 g/mol. The summed E-state index contributed by atoms with van der Waals surface area (Å²) in [6.45, 7) is 1.70. The molecule has 0 fully saturated rings. The number of imidazole rings is 1. The van der Waals surface area contributed by atoms with E-state index in [1.165, 1.54) is 4.57 Å². The van der Waals surface area contributed by atoms with Crippen molar-refractivity contribution in [3.63, 3.8) is 0 Å². The molecule has 0 atom stereocenters. The molecule has 0 radical (unpaired) electrons. The molecule has 0 aliphatic rings.